The smallest absolute Gasteiger partial charge is 0.311 e. The van der Waals surface area contributed by atoms with Crippen molar-refractivity contribution in [2.75, 3.05) is 17.6 Å². The number of nitro groups is 1. The lowest BCUT2D eigenvalue weighted by molar-refractivity contribution is -0.384. The molecular formula is C11H17N5O3. The van der Waals surface area contributed by atoms with Crippen LogP contribution in [0.25, 0.3) is 0 Å². The minimum absolute atomic E-state index is 0.166. The Bertz CT molecular complexity index is 477. The number of nitrogens with two attached hydrogens (primary N) is 1. The van der Waals surface area contributed by atoms with Crippen LogP contribution in [0, 0.1) is 10.1 Å². The maximum absolute atomic E-state index is 11.6. The van der Waals surface area contributed by atoms with Gasteiger partial charge < -0.3 is 16.4 Å². The van der Waals surface area contributed by atoms with Gasteiger partial charge in [-0.3, -0.25) is 14.9 Å². The number of nitrogens with zero attached hydrogens (tertiary/aromatic N) is 2. The maximum Gasteiger partial charge on any atom is 0.311 e. The molecule has 1 atom stereocenters. The maximum atomic E-state index is 11.6. The third-order valence-corrected chi connectivity index (χ3v) is 2.41. The van der Waals surface area contributed by atoms with E-state index in [0.29, 0.717) is 12.4 Å². The Hall–Kier alpha value is -2.38. The third-order valence-electron chi connectivity index (χ3n) is 2.41. The fourth-order valence-corrected chi connectivity index (χ4v) is 1.39. The Morgan fingerprint density at radius 1 is 1.58 bits per heavy atom. The summed E-state index contributed by atoms with van der Waals surface area (Å²) in [5.74, 6) is -0.0287. The van der Waals surface area contributed by atoms with Gasteiger partial charge in [-0.15, -0.1) is 0 Å². The number of carbonyl (C=O) groups excluding carboxylic acids is 1. The molecule has 1 aromatic heterocycles. The Morgan fingerprint density at radius 3 is 2.79 bits per heavy atom. The van der Waals surface area contributed by atoms with Gasteiger partial charge in [0.05, 0.1) is 4.92 Å². The molecule has 1 aromatic rings. The van der Waals surface area contributed by atoms with Gasteiger partial charge in [0.25, 0.3) is 0 Å². The van der Waals surface area contributed by atoms with E-state index in [4.69, 9.17) is 5.73 Å². The van der Waals surface area contributed by atoms with Gasteiger partial charge in [0.15, 0.2) is 0 Å². The summed E-state index contributed by atoms with van der Waals surface area (Å²) in [7, 11) is 0. The summed E-state index contributed by atoms with van der Waals surface area (Å²) in [5, 5.41) is 16.1. The van der Waals surface area contributed by atoms with Crippen molar-refractivity contribution >= 4 is 23.2 Å². The first kappa shape index (κ1) is 14.7. The second-order valence-corrected chi connectivity index (χ2v) is 4.02. The molecule has 0 fully saturated rings. The van der Waals surface area contributed by atoms with Crippen LogP contribution in [0.5, 0.6) is 0 Å². The molecule has 0 aliphatic rings. The van der Waals surface area contributed by atoms with Crippen LogP contribution in [-0.4, -0.2) is 28.4 Å². The van der Waals surface area contributed by atoms with Crippen molar-refractivity contribution in [3.8, 4) is 0 Å². The molecule has 0 saturated carbocycles. The number of pyridine rings is 1. The minimum Gasteiger partial charge on any atom is -0.378 e. The Balaban J connectivity index is 2.69. The molecule has 0 aliphatic carbocycles. The highest BCUT2D eigenvalue weighted by atomic mass is 16.6. The Labute approximate surface area is 110 Å². The normalized spacial score (nSPS) is 11.7. The van der Waals surface area contributed by atoms with Gasteiger partial charge in [-0.05, 0) is 19.4 Å². The number of aromatic nitrogens is 1. The van der Waals surface area contributed by atoms with E-state index in [1.165, 1.54) is 12.1 Å². The number of rotatable bonds is 6. The summed E-state index contributed by atoms with van der Waals surface area (Å²) in [6.45, 7) is 4.22. The third kappa shape index (κ3) is 4.09. The Morgan fingerprint density at radius 2 is 2.26 bits per heavy atom. The SMILES string of the molecule is CCCNC(=O)C(C)Nc1ccc([N+](=O)[O-])c(N)n1. The molecule has 1 heterocycles. The average molecular weight is 267 g/mol. The molecule has 8 heteroatoms. The molecule has 4 N–H and O–H groups in total. The van der Waals surface area contributed by atoms with Crippen LogP contribution >= 0.6 is 0 Å². The molecule has 1 amide bonds. The standard InChI is InChI=1S/C11H17N5O3/c1-3-6-13-11(17)7(2)14-9-5-4-8(16(18)19)10(12)15-9/h4-5,7H,3,6H2,1-2H3,(H,13,17)(H3,12,14,15). The lowest BCUT2D eigenvalue weighted by Gasteiger charge is -2.14. The molecular weight excluding hydrogens is 250 g/mol. The molecule has 19 heavy (non-hydrogen) atoms. The van der Waals surface area contributed by atoms with Crippen LogP contribution in [0.3, 0.4) is 0 Å². The molecule has 0 spiro atoms. The van der Waals surface area contributed by atoms with Crippen molar-refractivity contribution < 1.29 is 9.72 Å². The zero-order chi connectivity index (χ0) is 14.4. The van der Waals surface area contributed by atoms with Gasteiger partial charge in [-0.1, -0.05) is 6.92 Å². The first-order valence-corrected chi connectivity index (χ1v) is 5.90. The van der Waals surface area contributed by atoms with Gasteiger partial charge >= 0.3 is 5.69 Å². The largest absolute Gasteiger partial charge is 0.378 e. The van der Waals surface area contributed by atoms with Crippen molar-refractivity contribution in [3.05, 3.63) is 22.2 Å². The lowest BCUT2D eigenvalue weighted by atomic mass is 10.3. The van der Waals surface area contributed by atoms with Crippen molar-refractivity contribution in [1.29, 1.82) is 0 Å². The highest BCUT2D eigenvalue weighted by Gasteiger charge is 2.16. The van der Waals surface area contributed by atoms with Crippen LogP contribution < -0.4 is 16.4 Å². The number of nitrogens with one attached hydrogen (secondary N) is 2. The summed E-state index contributed by atoms with van der Waals surface area (Å²) in [5.41, 5.74) is 5.21. The van der Waals surface area contributed by atoms with Crippen LogP contribution in [-0.2, 0) is 4.79 Å². The number of anilines is 2. The van der Waals surface area contributed by atoms with Crippen LogP contribution in [0.15, 0.2) is 12.1 Å². The molecule has 0 aliphatic heterocycles. The van der Waals surface area contributed by atoms with E-state index < -0.39 is 11.0 Å². The van der Waals surface area contributed by atoms with E-state index in [0.717, 1.165) is 6.42 Å². The highest BCUT2D eigenvalue weighted by molar-refractivity contribution is 5.83. The first-order chi connectivity index (χ1) is 8.95. The quantitative estimate of drug-likeness (QED) is 0.519. The first-order valence-electron chi connectivity index (χ1n) is 5.90. The lowest BCUT2D eigenvalue weighted by Crippen LogP contribution is -2.38. The number of hydrogen-bond acceptors (Lipinski definition) is 6. The second-order valence-electron chi connectivity index (χ2n) is 4.02. The topological polar surface area (TPSA) is 123 Å². The number of amides is 1. The zero-order valence-electron chi connectivity index (χ0n) is 10.8. The molecule has 8 nitrogen and oxygen atoms in total. The summed E-state index contributed by atoms with van der Waals surface area (Å²) < 4.78 is 0. The van der Waals surface area contributed by atoms with Gasteiger partial charge in [0.2, 0.25) is 11.7 Å². The van der Waals surface area contributed by atoms with E-state index in [9.17, 15) is 14.9 Å². The van der Waals surface area contributed by atoms with Crippen molar-refractivity contribution in [3.63, 3.8) is 0 Å². The van der Waals surface area contributed by atoms with Crippen molar-refractivity contribution in [2.24, 2.45) is 0 Å². The van der Waals surface area contributed by atoms with Gasteiger partial charge in [-0.25, -0.2) is 4.98 Å². The van der Waals surface area contributed by atoms with Crippen LogP contribution in [0.1, 0.15) is 20.3 Å². The average Bonchev–Trinajstić information content (AvgIpc) is 2.35. The van der Waals surface area contributed by atoms with Crippen LogP contribution in [0.2, 0.25) is 0 Å². The minimum atomic E-state index is -0.608. The number of carbonyl (C=O) groups is 1. The zero-order valence-corrected chi connectivity index (χ0v) is 10.8. The molecule has 0 saturated heterocycles. The molecule has 0 radical (unpaired) electrons. The van der Waals surface area contributed by atoms with Crippen LogP contribution in [0.4, 0.5) is 17.3 Å². The fourth-order valence-electron chi connectivity index (χ4n) is 1.39. The summed E-state index contributed by atoms with van der Waals surface area (Å²) in [6, 6.07) is 2.17. The van der Waals surface area contributed by atoms with E-state index >= 15 is 0 Å². The van der Waals surface area contributed by atoms with E-state index in [1.807, 2.05) is 6.92 Å². The molecule has 104 valence electrons. The number of hydrogen-bond donors (Lipinski definition) is 3. The summed E-state index contributed by atoms with van der Waals surface area (Å²) >= 11 is 0. The van der Waals surface area contributed by atoms with Crippen molar-refractivity contribution in [1.82, 2.24) is 10.3 Å². The van der Waals surface area contributed by atoms with Gasteiger partial charge in [0, 0.05) is 12.6 Å². The number of nitrogen functional groups attached to an aromatic ring is 1. The molecule has 1 rings (SSSR count). The van der Waals surface area contributed by atoms with Crippen molar-refractivity contribution in [2.45, 2.75) is 26.3 Å². The highest BCUT2D eigenvalue weighted by Crippen LogP contribution is 2.20. The monoisotopic (exact) mass is 267 g/mol. The van der Waals surface area contributed by atoms with E-state index in [-0.39, 0.29) is 17.4 Å². The second kappa shape index (κ2) is 6.53. The molecule has 0 bridgehead atoms. The van der Waals surface area contributed by atoms with Gasteiger partial charge in [-0.2, -0.15) is 0 Å². The molecule has 0 aromatic carbocycles. The predicted molar refractivity (Wildman–Crippen MR) is 71.7 cm³/mol. The summed E-state index contributed by atoms with van der Waals surface area (Å²) in [4.78, 5) is 25.4. The fraction of sp³-hybridized carbons (Fsp3) is 0.455. The Kier molecular flexibility index (Phi) is 5.04. The van der Waals surface area contributed by atoms with E-state index in [1.54, 1.807) is 6.92 Å². The summed E-state index contributed by atoms with van der Waals surface area (Å²) in [6.07, 6.45) is 0.848. The molecule has 1 unspecified atom stereocenters. The van der Waals surface area contributed by atoms with Gasteiger partial charge in [0.1, 0.15) is 11.9 Å². The van der Waals surface area contributed by atoms with E-state index in [2.05, 4.69) is 15.6 Å². The predicted octanol–water partition coefficient (Wildman–Crippen LogP) is 0.899.